The van der Waals surface area contributed by atoms with Crippen LogP contribution in [0.25, 0.3) is 0 Å². The third-order valence-corrected chi connectivity index (χ3v) is 3.40. The molecule has 4 heteroatoms. The standard InChI is InChI=1S/C15H18N2O2/c1-10-6-2-3-7-11(10)14(18)17-15(19)12-8-4-5-9-13(12)16/h2-3,6-7H,4-5,8-9,16H2,1H3,(H,17,18,19). The highest BCUT2D eigenvalue weighted by molar-refractivity contribution is 6.10. The molecule has 0 spiro atoms. The van der Waals surface area contributed by atoms with Crippen molar-refractivity contribution in [1.82, 2.24) is 5.32 Å². The van der Waals surface area contributed by atoms with Crippen molar-refractivity contribution in [1.29, 1.82) is 0 Å². The van der Waals surface area contributed by atoms with E-state index in [1.165, 1.54) is 0 Å². The Kier molecular flexibility index (Phi) is 4.00. The molecule has 1 aromatic rings. The van der Waals surface area contributed by atoms with E-state index < -0.39 is 0 Å². The molecule has 0 fully saturated rings. The average molecular weight is 258 g/mol. The number of allylic oxidation sites excluding steroid dienone is 1. The first-order valence-corrected chi connectivity index (χ1v) is 6.48. The van der Waals surface area contributed by atoms with Crippen molar-refractivity contribution in [2.24, 2.45) is 5.73 Å². The zero-order valence-corrected chi connectivity index (χ0v) is 11.0. The molecule has 19 heavy (non-hydrogen) atoms. The van der Waals surface area contributed by atoms with Crippen LogP contribution in [0.1, 0.15) is 41.6 Å². The lowest BCUT2D eigenvalue weighted by Gasteiger charge is -2.16. The van der Waals surface area contributed by atoms with Crippen molar-refractivity contribution in [3.63, 3.8) is 0 Å². The van der Waals surface area contributed by atoms with E-state index in [9.17, 15) is 9.59 Å². The van der Waals surface area contributed by atoms with E-state index in [0.29, 0.717) is 23.3 Å². The largest absolute Gasteiger partial charge is 0.402 e. The summed E-state index contributed by atoms with van der Waals surface area (Å²) in [4.78, 5) is 24.1. The van der Waals surface area contributed by atoms with E-state index in [1.54, 1.807) is 12.1 Å². The van der Waals surface area contributed by atoms with Crippen LogP contribution in [0.3, 0.4) is 0 Å². The van der Waals surface area contributed by atoms with Gasteiger partial charge in [-0.25, -0.2) is 0 Å². The van der Waals surface area contributed by atoms with Gasteiger partial charge in [-0.2, -0.15) is 0 Å². The minimum atomic E-state index is -0.367. The Balaban J connectivity index is 2.11. The van der Waals surface area contributed by atoms with Crippen LogP contribution < -0.4 is 11.1 Å². The maximum atomic E-state index is 12.0. The molecule has 1 aliphatic rings. The monoisotopic (exact) mass is 258 g/mol. The molecule has 0 aromatic heterocycles. The molecule has 2 amide bonds. The number of nitrogens with two attached hydrogens (primary N) is 1. The number of carbonyl (C=O) groups is 2. The number of amides is 2. The Bertz CT molecular complexity index is 547. The maximum Gasteiger partial charge on any atom is 0.258 e. The molecule has 0 bridgehead atoms. The molecule has 0 radical (unpaired) electrons. The normalized spacial score (nSPS) is 15.2. The first-order valence-electron chi connectivity index (χ1n) is 6.48. The van der Waals surface area contributed by atoms with Gasteiger partial charge in [0.25, 0.3) is 11.8 Å². The minimum Gasteiger partial charge on any atom is -0.402 e. The van der Waals surface area contributed by atoms with Crippen molar-refractivity contribution < 1.29 is 9.59 Å². The Morgan fingerprint density at radius 2 is 1.79 bits per heavy atom. The Morgan fingerprint density at radius 3 is 2.47 bits per heavy atom. The molecule has 0 unspecified atom stereocenters. The lowest BCUT2D eigenvalue weighted by Crippen LogP contribution is -2.34. The predicted molar refractivity (Wildman–Crippen MR) is 73.3 cm³/mol. The molecule has 4 nitrogen and oxygen atoms in total. The minimum absolute atomic E-state index is 0.356. The molecular weight excluding hydrogens is 240 g/mol. The molecule has 1 aromatic carbocycles. The molecule has 0 atom stereocenters. The topological polar surface area (TPSA) is 72.2 Å². The van der Waals surface area contributed by atoms with Crippen LogP contribution in [-0.2, 0) is 4.79 Å². The quantitative estimate of drug-likeness (QED) is 0.797. The van der Waals surface area contributed by atoms with Crippen molar-refractivity contribution >= 4 is 11.8 Å². The van der Waals surface area contributed by atoms with Crippen LogP contribution in [0.15, 0.2) is 35.5 Å². The van der Waals surface area contributed by atoms with Gasteiger partial charge in [-0.3, -0.25) is 14.9 Å². The van der Waals surface area contributed by atoms with Crippen molar-refractivity contribution in [3.05, 3.63) is 46.7 Å². The van der Waals surface area contributed by atoms with Crippen LogP contribution in [0.2, 0.25) is 0 Å². The molecule has 1 aliphatic carbocycles. The highest BCUT2D eigenvalue weighted by Crippen LogP contribution is 2.21. The number of rotatable bonds is 2. The van der Waals surface area contributed by atoms with Crippen LogP contribution >= 0.6 is 0 Å². The Labute approximate surface area is 112 Å². The third-order valence-electron chi connectivity index (χ3n) is 3.40. The zero-order valence-electron chi connectivity index (χ0n) is 11.0. The number of nitrogens with one attached hydrogen (secondary N) is 1. The Hall–Kier alpha value is -2.10. The first-order chi connectivity index (χ1) is 9.09. The number of hydrogen-bond acceptors (Lipinski definition) is 3. The number of imide groups is 1. The summed E-state index contributed by atoms with van der Waals surface area (Å²) in [6.45, 7) is 1.84. The number of hydrogen-bond donors (Lipinski definition) is 2. The van der Waals surface area contributed by atoms with Gasteiger partial charge in [0.05, 0.1) is 0 Å². The molecular formula is C15H18N2O2. The second-order valence-electron chi connectivity index (χ2n) is 4.81. The summed E-state index contributed by atoms with van der Waals surface area (Å²) in [6, 6.07) is 7.18. The van der Waals surface area contributed by atoms with Gasteiger partial charge in [-0.05, 0) is 44.2 Å². The van der Waals surface area contributed by atoms with Gasteiger partial charge in [0.1, 0.15) is 0 Å². The molecule has 100 valence electrons. The fourth-order valence-electron chi connectivity index (χ4n) is 2.26. The summed E-state index contributed by atoms with van der Waals surface area (Å²) in [6.07, 6.45) is 3.34. The van der Waals surface area contributed by atoms with E-state index in [0.717, 1.165) is 24.8 Å². The summed E-state index contributed by atoms with van der Waals surface area (Å²) < 4.78 is 0. The van der Waals surface area contributed by atoms with Gasteiger partial charge >= 0.3 is 0 Å². The molecule has 0 aliphatic heterocycles. The van der Waals surface area contributed by atoms with Crippen molar-refractivity contribution in [2.45, 2.75) is 32.6 Å². The lowest BCUT2D eigenvalue weighted by molar-refractivity contribution is -0.116. The highest BCUT2D eigenvalue weighted by Gasteiger charge is 2.20. The third kappa shape index (κ3) is 3.02. The van der Waals surface area contributed by atoms with Gasteiger partial charge in [0.15, 0.2) is 0 Å². The van der Waals surface area contributed by atoms with Crippen LogP contribution in [0, 0.1) is 6.92 Å². The van der Waals surface area contributed by atoms with Crippen molar-refractivity contribution in [2.75, 3.05) is 0 Å². The number of benzene rings is 1. The van der Waals surface area contributed by atoms with Gasteiger partial charge in [0, 0.05) is 16.8 Å². The van der Waals surface area contributed by atoms with E-state index in [1.807, 2.05) is 19.1 Å². The Morgan fingerprint density at radius 1 is 1.11 bits per heavy atom. The smallest absolute Gasteiger partial charge is 0.258 e. The average Bonchev–Trinajstić information content (AvgIpc) is 2.39. The SMILES string of the molecule is Cc1ccccc1C(=O)NC(=O)C1=C(N)CCCC1. The number of aryl methyl sites for hydroxylation is 1. The summed E-state index contributed by atoms with van der Waals surface area (Å²) in [5.74, 6) is -0.723. The second kappa shape index (κ2) is 5.69. The lowest BCUT2D eigenvalue weighted by atomic mass is 9.96. The van der Waals surface area contributed by atoms with E-state index in [2.05, 4.69) is 5.32 Å². The van der Waals surface area contributed by atoms with Gasteiger partial charge in [-0.1, -0.05) is 18.2 Å². The van der Waals surface area contributed by atoms with Gasteiger partial charge in [-0.15, -0.1) is 0 Å². The number of carbonyl (C=O) groups excluding carboxylic acids is 2. The highest BCUT2D eigenvalue weighted by atomic mass is 16.2. The molecule has 0 saturated carbocycles. The second-order valence-corrected chi connectivity index (χ2v) is 4.81. The maximum absolute atomic E-state index is 12.0. The van der Waals surface area contributed by atoms with E-state index in [-0.39, 0.29) is 11.8 Å². The van der Waals surface area contributed by atoms with Crippen LogP contribution in [0.5, 0.6) is 0 Å². The van der Waals surface area contributed by atoms with E-state index in [4.69, 9.17) is 5.73 Å². The molecule has 0 heterocycles. The van der Waals surface area contributed by atoms with Crippen LogP contribution in [0.4, 0.5) is 0 Å². The van der Waals surface area contributed by atoms with Crippen LogP contribution in [-0.4, -0.2) is 11.8 Å². The molecule has 3 N–H and O–H groups in total. The van der Waals surface area contributed by atoms with Gasteiger partial charge in [0.2, 0.25) is 0 Å². The summed E-state index contributed by atoms with van der Waals surface area (Å²) >= 11 is 0. The summed E-state index contributed by atoms with van der Waals surface area (Å²) in [5, 5.41) is 2.42. The molecule has 2 rings (SSSR count). The van der Waals surface area contributed by atoms with Crippen molar-refractivity contribution in [3.8, 4) is 0 Å². The zero-order chi connectivity index (χ0) is 13.8. The molecule has 0 saturated heterocycles. The fraction of sp³-hybridized carbons (Fsp3) is 0.333. The summed E-state index contributed by atoms with van der Waals surface area (Å²) in [7, 11) is 0. The fourth-order valence-corrected chi connectivity index (χ4v) is 2.26. The van der Waals surface area contributed by atoms with Gasteiger partial charge < -0.3 is 5.73 Å². The predicted octanol–water partition coefficient (Wildman–Crippen LogP) is 2.04. The van der Waals surface area contributed by atoms with E-state index >= 15 is 0 Å². The first kappa shape index (κ1) is 13.3. The summed E-state index contributed by atoms with van der Waals surface area (Å²) in [5.41, 5.74) is 8.37.